The Morgan fingerprint density at radius 1 is 0.462 bits per heavy atom. The minimum absolute atomic E-state index is 0.257. The van der Waals surface area contributed by atoms with Gasteiger partial charge in [-0.15, -0.1) is 0 Å². The Morgan fingerprint density at radius 2 is 0.859 bits per heavy atom. The fraction of sp³-hybridized carbons (Fsp3) is 0.859. The molecule has 9 N–H and O–H groups in total. The average molecular weight is 1110 g/mol. The standard InChI is InChI=1S/C64H117NO13/c1-3-5-7-9-11-13-15-17-19-21-22-23-24-25-26-27-28-29-30-31-32-33-35-37-39-41-43-45-47-53(68)52(65-56(69)48-46-44-42-40-38-36-34-20-18-16-14-12-10-8-6-4-2)51-75-63-61(74)59(72)62(55(50-67)77-63)78-64-60(73)58(71)57(70)54(49-66)76-64/h14,16,20,34,37,39,45,47,52-55,57-64,66-68,70-74H,3-13,15,17-19,21-33,35-36,38,40-44,46,48-51H2,1-2H3,(H,65,69)/b16-14-,34-20-,39-37+,47-45+. The second-order valence-corrected chi connectivity index (χ2v) is 22.5. The van der Waals surface area contributed by atoms with Crippen molar-refractivity contribution in [1.82, 2.24) is 5.32 Å². The highest BCUT2D eigenvalue weighted by molar-refractivity contribution is 5.76. The van der Waals surface area contributed by atoms with E-state index in [1.165, 1.54) is 167 Å². The summed E-state index contributed by atoms with van der Waals surface area (Å²) in [5, 5.41) is 87.1. The number of nitrogens with one attached hydrogen (secondary N) is 1. The summed E-state index contributed by atoms with van der Waals surface area (Å²) in [6, 6.07) is -0.940. The molecule has 0 aliphatic carbocycles. The van der Waals surface area contributed by atoms with Crippen LogP contribution in [0.5, 0.6) is 0 Å². The van der Waals surface area contributed by atoms with E-state index in [0.29, 0.717) is 12.8 Å². The van der Waals surface area contributed by atoms with Crippen molar-refractivity contribution >= 4 is 5.91 Å². The van der Waals surface area contributed by atoms with Crippen LogP contribution in [0.3, 0.4) is 0 Å². The van der Waals surface area contributed by atoms with Crippen molar-refractivity contribution in [2.75, 3.05) is 19.8 Å². The Kier molecular flexibility index (Phi) is 45.8. The number of ether oxygens (including phenoxy) is 4. The van der Waals surface area contributed by atoms with Gasteiger partial charge in [0.15, 0.2) is 12.6 Å². The van der Waals surface area contributed by atoms with E-state index in [4.69, 9.17) is 18.9 Å². The first-order valence-electron chi connectivity index (χ1n) is 31.9. The van der Waals surface area contributed by atoms with Gasteiger partial charge >= 0.3 is 0 Å². The topological polar surface area (TPSA) is 228 Å². The molecular weight excluding hydrogens is 991 g/mol. The molecule has 456 valence electrons. The SMILES string of the molecule is CCCCCC/C=C\C/C=C\CCCCCCCC(=O)NC(COC1OC(CO)C(OC2OC(CO)C(O)C(O)C2O)C(O)C1O)C(O)/C=C/CC/C=C/CCCCCCCCCCCCCCCCCCCCCCCC. The molecule has 2 saturated heterocycles. The highest BCUT2D eigenvalue weighted by Crippen LogP contribution is 2.30. The molecular formula is C64H117NO13. The van der Waals surface area contributed by atoms with Crippen LogP contribution in [-0.4, -0.2) is 140 Å². The first-order valence-corrected chi connectivity index (χ1v) is 31.9. The molecule has 2 aliphatic heterocycles. The van der Waals surface area contributed by atoms with Crippen LogP contribution in [0.1, 0.15) is 258 Å². The maximum Gasteiger partial charge on any atom is 0.220 e. The second kappa shape index (κ2) is 49.5. The van der Waals surface area contributed by atoms with Crippen molar-refractivity contribution in [1.29, 1.82) is 0 Å². The normalized spacial score (nSPS) is 24.8. The summed E-state index contributed by atoms with van der Waals surface area (Å²) in [6.45, 7) is 2.77. The lowest BCUT2D eigenvalue weighted by molar-refractivity contribution is -0.359. The molecule has 12 atom stereocenters. The number of aliphatic hydroxyl groups excluding tert-OH is 8. The summed E-state index contributed by atoms with van der Waals surface area (Å²) >= 11 is 0. The van der Waals surface area contributed by atoms with E-state index in [1.54, 1.807) is 6.08 Å². The fourth-order valence-electron chi connectivity index (χ4n) is 10.3. The zero-order chi connectivity index (χ0) is 56.7. The van der Waals surface area contributed by atoms with E-state index in [-0.39, 0.29) is 18.9 Å². The summed E-state index contributed by atoms with van der Waals surface area (Å²) < 4.78 is 22.8. The van der Waals surface area contributed by atoms with Gasteiger partial charge in [0, 0.05) is 6.42 Å². The van der Waals surface area contributed by atoms with Gasteiger partial charge in [-0.2, -0.15) is 0 Å². The predicted molar refractivity (Wildman–Crippen MR) is 314 cm³/mol. The van der Waals surface area contributed by atoms with Crippen LogP contribution in [-0.2, 0) is 23.7 Å². The molecule has 12 unspecified atom stereocenters. The van der Waals surface area contributed by atoms with E-state index in [0.717, 1.165) is 57.8 Å². The Hall–Kier alpha value is -2.05. The maximum absolute atomic E-state index is 13.2. The summed E-state index contributed by atoms with van der Waals surface area (Å²) in [5.74, 6) is -0.262. The van der Waals surface area contributed by atoms with Crippen LogP contribution in [0.4, 0.5) is 0 Å². The Labute approximate surface area is 473 Å². The smallest absolute Gasteiger partial charge is 0.220 e. The van der Waals surface area contributed by atoms with Crippen LogP contribution >= 0.6 is 0 Å². The van der Waals surface area contributed by atoms with E-state index in [1.807, 2.05) is 6.08 Å². The lowest BCUT2D eigenvalue weighted by atomic mass is 9.97. The fourth-order valence-corrected chi connectivity index (χ4v) is 10.3. The minimum atomic E-state index is -1.79. The quantitative estimate of drug-likeness (QED) is 0.0204. The first kappa shape index (κ1) is 72.1. The monoisotopic (exact) mass is 1110 g/mol. The van der Waals surface area contributed by atoms with E-state index >= 15 is 0 Å². The number of carbonyl (C=O) groups is 1. The van der Waals surface area contributed by atoms with Crippen molar-refractivity contribution in [2.45, 2.75) is 331 Å². The predicted octanol–water partition coefficient (Wildman–Crippen LogP) is 11.6. The molecule has 14 heteroatoms. The third-order valence-electron chi connectivity index (χ3n) is 15.5. The molecule has 14 nitrogen and oxygen atoms in total. The number of unbranched alkanes of at least 4 members (excludes halogenated alkanes) is 32. The molecule has 0 saturated carbocycles. The molecule has 78 heavy (non-hydrogen) atoms. The van der Waals surface area contributed by atoms with Gasteiger partial charge in [-0.05, 0) is 64.2 Å². The number of carbonyl (C=O) groups excluding carboxylic acids is 1. The van der Waals surface area contributed by atoms with Gasteiger partial charge in [-0.3, -0.25) is 4.79 Å². The lowest BCUT2D eigenvalue weighted by Crippen LogP contribution is -2.65. The summed E-state index contributed by atoms with van der Waals surface area (Å²) in [5.41, 5.74) is 0. The van der Waals surface area contributed by atoms with Gasteiger partial charge in [0.05, 0.1) is 32.0 Å². The third-order valence-corrected chi connectivity index (χ3v) is 15.5. The lowest BCUT2D eigenvalue weighted by Gasteiger charge is -2.46. The summed E-state index contributed by atoms with van der Waals surface area (Å²) in [4.78, 5) is 13.2. The molecule has 1 amide bonds. The van der Waals surface area contributed by atoms with Crippen molar-refractivity contribution in [2.24, 2.45) is 0 Å². The van der Waals surface area contributed by atoms with E-state index in [2.05, 4.69) is 55.6 Å². The molecule has 2 heterocycles. The number of aliphatic hydroxyl groups is 8. The highest BCUT2D eigenvalue weighted by Gasteiger charge is 2.51. The maximum atomic E-state index is 13.2. The minimum Gasteiger partial charge on any atom is -0.394 e. The molecule has 0 aromatic rings. The molecule has 2 rings (SSSR count). The van der Waals surface area contributed by atoms with Crippen molar-refractivity contribution in [3.8, 4) is 0 Å². The van der Waals surface area contributed by atoms with E-state index < -0.39 is 86.8 Å². The molecule has 0 aromatic carbocycles. The zero-order valence-corrected chi connectivity index (χ0v) is 49.2. The number of amides is 1. The zero-order valence-electron chi connectivity index (χ0n) is 49.2. The highest BCUT2D eigenvalue weighted by atomic mass is 16.7. The Bertz CT molecular complexity index is 1490. The molecule has 0 spiro atoms. The number of hydrogen-bond donors (Lipinski definition) is 9. The summed E-state index contributed by atoms with van der Waals surface area (Å²) in [7, 11) is 0. The average Bonchev–Trinajstić information content (AvgIpc) is 3.48. The van der Waals surface area contributed by atoms with Crippen LogP contribution in [0.2, 0.25) is 0 Å². The number of hydrogen-bond acceptors (Lipinski definition) is 13. The van der Waals surface area contributed by atoms with E-state index in [9.17, 15) is 45.6 Å². The number of rotatable bonds is 51. The largest absolute Gasteiger partial charge is 0.394 e. The Morgan fingerprint density at radius 3 is 1.35 bits per heavy atom. The third kappa shape index (κ3) is 34.4. The van der Waals surface area contributed by atoms with Crippen LogP contribution in [0.25, 0.3) is 0 Å². The van der Waals surface area contributed by atoms with Gasteiger partial charge in [0.2, 0.25) is 5.91 Å². The van der Waals surface area contributed by atoms with Crippen molar-refractivity contribution in [3.05, 3.63) is 48.6 Å². The summed E-state index contributed by atoms with van der Waals surface area (Å²) in [6.07, 6.45) is 46.0. The van der Waals surface area contributed by atoms with Gasteiger partial charge in [0.1, 0.15) is 48.8 Å². The first-order chi connectivity index (χ1) is 38.1. The Balaban J connectivity index is 1.73. The van der Waals surface area contributed by atoms with Gasteiger partial charge in [0.25, 0.3) is 0 Å². The molecule has 0 aromatic heterocycles. The molecule has 0 bridgehead atoms. The van der Waals surface area contributed by atoms with Crippen LogP contribution < -0.4 is 5.32 Å². The molecule has 0 radical (unpaired) electrons. The second-order valence-electron chi connectivity index (χ2n) is 22.5. The van der Waals surface area contributed by atoms with Gasteiger partial charge in [-0.1, -0.05) is 236 Å². The van der Waals surface area contributed by atoms with Gasteiger partial charge in [-0.25, -0.2) is 0 Å². The van der Waals surface area contributed by atoms with Crippen molar-refractivity contribution in [3.63, 3.8) is 0 Å². The molecule has 2 fully saturated rings. The van der Waals surface area contributed by atoms with Gasteiger partial charge < -0.3 is 65.1 Å². The van der Waals surface area contributed by atoms with Crippen molar-refractivity contribution < 1.29 is 64.6 Å². The number of allylic oxidation sites excluding steroid dienone is 7. The van der Waals surface area contributed by atoms with Crippen LogP contribution in [0.15, 0.2) is 48.6 Å². The molecule has 2 aliphatic rings. The van der Waals surface area contributed by atoms with Crippen LogP contribution in [0, 0.1) is 0 Å².